The fraction of sp³-hybridized carbons (Fsp3) is 0.533. The first-order chi connectivity index (χ1) is 8.75. The van der Waals surface area contributed by atoms with E-state index in [4.69, 9.17) is 0 Å². The molecule has 18 heavy (non-hydrogen) atoms. The molecule has 0 unspecified atom stereocenters. The minimum atomic E-state index is -0.792. The van der Waals surface area contributed by atoms with Crippen LogP contribution in [0.4, 0.5) is 0 Å². The van der Waals surface area contributed by atoms with E-state index >= 15 is 0 Å². The predicted octanol–water partition coefficient (Wildman–Crippen LogP) is 2.69. The highest BCUT2D eigenvalue weighted by Crippen LogP contribution is 2.30. The molecule has 3 heteroatoms. The average Bonchev–Trinajstić information content (AvgIpc) is 2.91. The van der Waals surface area contributed by atoms with Gasteiger partial charge in [0.1, 0.15) is 0 Å². The van der Waals surface area contributed by atoms with Crippen molar-refractivity contribution in [1.82, 2.24) is 4.90 Å². The van der Waals surface area contributed by atoms with Crippen molar-refractivity contribution < 1.29 is 9.90 Å². The number of carboxylic acids is 1. The second kappa shape index (κ2) is 4.73. The molecule has 1 fully saturated rings. The summed E-state index contributed by atoms with van der Waals surface area (Å²) in [5, 5.41) is 9.27. The Morgan fingerprint density at radius 1 is 1.28 bits per heavy atom. The van der Waals surface area contributed by atoms with Crippen molar-refractivity contribution in [2.45, 2.75) is 44.7 Å². The molecule has 3 nitrogen and oxygen atoms in total. The maximum absolute atomic E-state index is 11.3. The lowest BCUT2D eigenvalue weighted by Gasteiger charge is -2.34. The SMILES string of the molecule is O=C(O)c1cccc2c1CN(C1CCCC1)CC2. The molecule has 1 saturated carbocycles. The molecule has 1 aliphatic heterocycles. The van der Waals surface area contributed by atoms with Gasteiger partial charge in [-0.15, -0.1) is 0 Å². The van der Waals surface area contributed by atoms with Crippen molar-refractivity contribution in [3.63, 3.8) is 0 Å². The van der Waals surface area contributed by atoms with Crippen molar-refractivity contribution in [2.24, 2.45) is 0 Å². The fourth-order valence-corrected chi connectivity index (χ4v) is 3.38. The Morgan fingerprint density at radius 2 is 2.06 bits per heavy atom. The number of carboxylic acid groups (broad SMARTS) is 1. The van der Waals surface area contributed by atoms with Gasteiger partial charge >= 0.3 is 5.97 Å². The number of aromatic carboxylic acids is 1. The summed E-state index contributed by atoms with van der Waals surface area (Å²) in [6.07, 6.45) is 6.21. The van der Waals surface area contributed by atoms with Crippen LogP contribution in [0.5, 0.6) is 0 Å². The van der Waals surface area contributed by atoms with Gasteiger partial charge < -0.3 is 5.11 Å². The third-order valence-electron chi connectivity index (χ3n) is 4.37. The number of carbonyl (C=O) groups is 1. The zero-order valence-corrected chi connectivity index (χ0v) is 10.6. The van der Waals surface area contributed by atoms with E-state index in [2.05, 4.69) is 11.0 Å². The van der Waals surface area contributed by atoms with Gasteiger partial charge in [-0.05, 0) is 36.5 Å². The van der Waals surface area contributed by atoms with E-state index in [1.165, 1.54) is 31.2 Å². The van der Waals surface area contributed by atoms with Gasteiger partial charge in [-0.1, -0.05) is 25.0 Å². The Balaban J connectivity index is 1.88. The molecule has 1 aromatic carbocycles. The molecule has 0 amide bonds. The van der Waals surface area contributed by atoms with E-state index in [0.717, 1.165) is 25.1 Å². The summed E-state index contributed by atoms with van der Waals surface area (Å²) >= 11 is 0. The Hall–Kier alpha value is -1.35. The Morgan fingerprint density at radius 3 is 2.78 bits per heavy atom. The highest BCUT2D eigenvalue weighted by Gasteiger charge is 2.27. The molecular formula is C15H19NO2. The van der Waals surface area contributed by atoms with Gasteiger partial charge in [-0.2, -0.15) is 0 Å². The van der Waals surface area contributed by atoms with Gasteiger partial charge in [0.2, 0.25) is 0 Å². The minimum absolute atomic E-state index is 0.496. The first-order valence-electron chi connectivity index (χ1n) is 6.84. The van der Waals surface area contributed by atoms with E-state index in [1.54, 1.807) is 6.07 Å². The third-order valence-corrected chi connectivity index (χ3v) is 4.37. The van der Waals surface area contributed by atoms with Crippen LogP contribution in [-0.2, 0) is 13.0 Å². The van der Waals surface area contributed by atoms with Gasteiger partial charge in [0.15, 0.2) is 0 Å². The largest absolute Gasteiger partial charge is 0.478 e. The van der Waals surface area contributed by atoms with E-state index in [0.29, 0.717) is 11.6 Å². The smallest absolute Gasteiger partial charge is 0.336 e. The third kappa shape index (κ3) is 2.03. The van der Waals surface area contributed by atoms with Crippen LogP contribution in [0.2, 0.25) is 0 Å². The normalized spacial score (nSPS) is 20.9. The quantitative estimate of drug-likeness (QED) is 0.871. The highest BCUT2D eigenvalue weighted by atomic mass is 16.4. The van der Waals surface area contributed by atoms with Crippen LogP contribution in [0.15, 0.2) is 18.2 Å². The van der Waals surface area contributed by atoms with Gasteiger partial charge in [0.25, 0.3) is 0 Å². The van der Waals surface area contributed by atoms with Crippen molar-refractivity contribution in [3.8, 4) is 0 Å². The number of fused-ring (bicyclic) bond motifs is 1. The Bertz CT molecular complexity index is 464. The van der Waals surface area contributed by atoms with Crippen molar-refractivity contribution in [1.29, 1.82) is 0 Å². The van der Waals surface area contributed by atoms with Crippen molar-refractivity contribution in [2.75, 3.05) is 6.54 Å². The van der Waals surface area contributed by atoms with E-state index in [9.17, 15) is 9.90 Å². The predicted molar refractivity (Wildman–Crippen MR) is 69.8 cm³/mol. The maximum atomic E-state index is 11.3. The summed E-state index contributed by atoms with van der Waals surface area (Å²) in [6, 6.07) is 6.36. The number of hydrogen-bond donors (Lipinski definition) is 1. The first kappa shape index (κ1) is 11.7. The lowest BCUT2D eigenvalue weighted by molar-refractivity contribution is 0.0692. The van der Waals surface area contributed by atoms with Crippen LogP contribution in [-0.4, -0.2) is 28.6 Å². The molecule has 1 N–H and O–H groups in total. The van der Waals surface area contributed by atoms with Gasteiger partial charge in [0, 0.05) is 19.1 Å². The molecule has 1 heterocycles. The Labute approximate surface area is 107 Å². The molecule has 1 aliphatic carbocycles. The summed E-state index contributed by atoms with van der Waals surface area (Å²) in [5.41, 5.74) is 2.77. The summed E-state index contributed by atoms with van der Waals surface area (Å²) in [4.78, 5) is 13.8. The highest BCUT2D eigenvalue weighted by molar-refractivity contribution is 5.89. The van der Waals surface area contributed by atoms with Crippen LogP contribution in [0, 0.1) is 0 Å². The second-order valence-corrected chi connectivity index (χ2v) is 5.41. The maximum Gasteiger partial charge on any atom is 0.336 e. The van der Waals surface area contributed by atoms with Crippen LogP contribution in [0.1, 0.15) is 47.2 Å². The van der Waals surface area contributed by atoms with E-state index < -0.39 is 5.97 Å². The molecule has 0 aromatic heterocycles. The lowest BCUT2D eigenvalue weighted by Crippen LogP contribution is -2.38. The molecule has 0 bridgehead atoms. The monoisotopic (exact) mass is 245 g/mol. The number of hydrogen-bond acceptors (Lipinski definition) is 2. The molecule has 2 aliphatic rings. The lowest BCUT2D eigenvalue weighted by atomic mass is 9.94. The fourth-order valence-electron chi connectivity index (χ4n) is 3.38. The molecule has 0 atom stereocenters. The molecule has 3 rings (SSSR count). The van der Waals surface area contributed by atoms with Crippen LogP contribution in [0.3, 0.4) is 0 Å². The summed E-state index contributed by atoms with van der Waals surface area (Å²) in [5.74, 6) is -0.792. The van der Waals surface area contributed by atoms with Crippen LogP contribution >= 0.6 is 0 Å². The van der Waals surface area contributed by atoms with Crippen LogP contribution < -0.4 is 0 Å². The molecular weight excluding hydrogens is 226 g/mol. The standard InChI is InChI=1S/C15H19NO2/c17-15(18)13-7-3-4-11-8-9-16(10-14(11)13)12-5-1-2-6-12/h3-4,7,12H,1-2,5-6,8-10H2,(H,17,18). The molecule has 0 saturated heterocycles. The van der Waals surface area contributed by atoms with Crippen LogP contribution in [0.25, 0.3) is 0 Å². The Kier molecular flexibility index (Phi) is 3.08. The van der Waals surface area contributed by atoms with E-state index in [1.807, 2.05) is 6.07 Å². The van der Waals surface area contributed by atoms with Crippen molar-refractivity contribution >= 4 is 5.97 Å². The molecule has 1 aromatic rings. The van der Waals surface area contributed by atoms with E-state index in [-0.39, 0.29) is 0 Å². The second-order valence-electron chi connectivity index (χ2n) is 5.41. The van der Waals surface area contributed by atoms with Gasteiger partial charge in [-0.25, -0.2) is 4.79 Å². The molecule has 96 valence electrons. The topological polar surface area (TPSA) is 40.5 Å². The molecule has 0 radical (unpaired) electrons. The average molecular weight is 245 g/mol. The number of nitrogens with zero attached hydrogens (tertiary/aromatic N) is 1. The summed E-state index contributed by atoms with van der Waals surface area (Å²) in [6.45, 7) is 1.91. The first-order valence-corrected chi connectivity index (χ1v) is 6.84. The van der Waals surface area contributed by atoms with Gasteiger partial charge in [-0.3, -0.25) is 4.90 Å². The zero-order chi connectivity index (χ0) is 12.5. The van der Waals surface area contributed by atoms with Crippen molar-refractivity contribution in [3.05, 3.63) is 34.9 Å². The number of benzene rings is 1. The number of rotatable bonds is 2. The summed E-state index contributed by atoms with van der Waals surface area (Å²) in [7, 11) is 0. The minimum Gasteiger partial charge on any atom is -0.478 e. The zero-order valence-electron chi connectivity index (χ0n) is 10.6. The molecule has 0 spiro atoms. The summed E-state index contributed by atoms with van der Waals surface area (Å²) < 4.78 is 0. The van der Waals surface area contributed by atoms with Gasteiger partial charge in [0.05, 0.1) is 5.56 Å².